The monoisotopic (exact) mass is 537 g/mol. The second kappa shape index (κ2) is 11.4. The molecule has 0 spiro atoms. The average Bonchev–Trinajstić information content (AvgIpc) is 3.12. The minimum absolute atomic E-state index is 0.00327. The van der Waals surface area contributed by atoms with E-state index in [0.29, 0.717) is 0 Å². The lowest BCUT2D eigenvalue weighted by molar-refractivity contribution is -0.396. The molecule has 1 aromatic carbocycles. The van der Waals surface area contributed by atoms with Crippen molar-refractivity contribution in [1.29, 1.82) is 0 Å². The maximum atomic E-state index is 14.5. The number of nitro groups is 1. The van der Waals surface area contributed by atoms with Gasteiger partial charge in [0.15, 0.2) is 23.1 Å². The Morgan fingerprint density at radius 2 is 1.70 bits per heavy atom. The Hall–Kier alpha value is -1.96. The topological polar surface area (TPSA) is 126 Å². The van der Waals surface area contributed by atoms with Crippen molar-refractivity contribution in [2.24, 2.45) is 12.6 Å². The number of imidazole rings is 1. The molecule has 0 radical (unpaired) electrons. The lowest BCUT2D eigenvalue weighted by Crippen LogP contribution is -2.29. The van der Waals surface area contributed by atoms with Crippen molar-refractivity contribution in [1.82, 2.24) is 14.2 Å². The Morgan fingerprint density at radius 1 is 1.15 bits per heavy atom. The van der Waals surface area contributed by atoms with Crippen molar-refractivity contribution in [3.8, 4) is 5.75 Å². The van der Waals surface area contributed by atoms with E-state index in [1.54, 1.807) is 0 Å². The van der Waals surface area contributed by atoms with Crippen molar-refractivity contribution >= 4 is 36.8 Å². The van der Waals surface area contributed by atoms with E-state index < -0.39 is 66.3 Å². The lowest BCUT2D eigenvalue weighted by Gasteiger charge is -2.26. The summed E-state index contributed by atoms with van der Waals surface area (Å²) in [6.45, 7) is -1.93. The second-order valence-corrected chi connectivity index (χ2v) is 9.10. The van der Waals surface area contributed by atoms with Gasteiger partial charge in [-0.25, -0.2) is 23.5 Å². The molecule has 0 fully saturated rings. The molecule has 0 saturated carbocycles. The van der Waals surface area contributed by atoms with E-state index >= 15 is 0 Å². The molecule has 10 nitrogen and oxygen atoms in total. The van der Waals surface area contributed by atoms with Gasteiger partial charge in [0.1, 0.15) is 12.8 Å². The van der Waals surface area contributed by atoms with E-state index in [9.17, 15) is 32.2 Å². The van der Waals surface area contributed by atoms with Gasteiger partial charge in [-0.15, -0.1) is 23.2 Å². The number of nitrogens with zero attached hydrogens (tertiary/aromatic N) is 4. The van der Waals surface area contributed by atoms with Gasteiger partial charge in [0.2, 0.25) is 11.6 Å². The molecular formula is C16H18Cl2F4N5O5P. The number of alkyl halides is 2. The molecule has 1 atom stereocenters. The van der Waals surface area contributed by atoms with Gasteiger partial charge >= 0.3 is 13.6 Å². The summed E-state index contributed by atoms with van der Waals surface area (Å²) in [6.07, 6.45) is 0.995. The summed E-state index contributed by atoms with van der Waals surface area (Å²) in [4.78, 5) is 13.5. The predicted octanol–water partition coefficient (Wildman–Crippen LogP) is 3.83. The molecule has 1 unspecified atom stereocenters. The molecular weight excluding hydrogens is 520 g/mol. The van der Waals surface area contributed by atoms with Crippen LogP contribution < -0.4 is 10.2 Å². The Bertz CT molecular complexity index is 1040. The number of benzene rings is 1. The molecule has 0 amide bonds. The van der Waals surface area contributed by atoms with E-state index in [2.05, 4.69) is 4.98 Å². The zero-order valence-electron chi connectivity index (χ0n) is 16.9. The third-order valence-electron chi connectivity index (χ3n) is 4.37. The van der Waals surface area contributed by atoms with Crippen LogP contribution in [0.5, 0.6) is 5.75 Å². The SMILES string of the molecule is Cn1c(COc2c(F)c(F)c(COP(N)(=O)N(CCCl)CCCl)c(F)c2F)cnc1[N+](=O)[O-]. The first kappa shape index (κ1) is 27.3. The summed E-state index contributed by atoms with van der Waals surface area (Å²) in [7, 11) is -2.92. The van der Waals surface area contributed by atoms with Crippen LogP contribution in [-0.4, -0.2) is 44.0 Å². The van der Waals surface area contributed by atoms with Crippen molar-refractivity contribution in [2.75, 3.05) is 24.8 Å². The molecule has 17 heteroatoms. The summed E-state index contributed by atoms with van der Waals surface area (Å²) in [5.74, 6) is -9.52. The second-order valence-electron chi connectivity index (χ2n) is 6.39. The van der Waals surface area contributed by atoms with Gasteiger partial charge in [-0.2, -0.15) is 8.78 Å². The van der Waals surface area contributed by atoms with Crippen molar-refractivity contribution in [2.45, 2.75) is 13.2 Å². The van der Waals surface area contributed by atoms with Gasteiger partial charge in [-0.3, -0.25) is 4.57 Å². The molecule has 0 aliphatic rings. The molecule has 0 aliphatic carbocycles. The Labute approximate surface area is 194 Å². The Kier molecular flexibility index (Phi) is 9.47. The highest BCUT2D eigenvalue weighted by molar-refractivity contribution is 7.53. The number of nitrogens with two attached hydrogens (primary N) is 1. The molecule has 2 rings (SSSR count). The fraction of sp³-hybridized carbons (Fsp3) is 0.438. The van der Waals surface area contributed by atoms with E-state index in [1.165, 1.54) is 7.05 Å². The van der Waals surface area contributed by atoms with Gasteiger partial charge in [-0.1, -0.05) is 4.98 Å². The first-order valence-electron chi connectivity index (χ1n) is 8.99. The third-order valence-corrected chi connectivity index (χ3v) is 6.40. The number of rotatable bonds is 12. The first-order valence-corrected chi connectivity index (χ1v) is 11.7. The molecule has 1 aromatic heterocycles. The van der Waals surface area contributed by atoms with Crippen LogP contribution in [-0.2, 0) is 29.4 Å². The summed E-state index contributed by atoms with van der Waals surface area (Å²) >= 11 is 11.2. The fourth-order valence-corrected chi connectivity index (χ4v) is 4.50. The van der Waals surface area contributed by atoms with Gasteiger partial charge in [0, 0.05) is 24.8 Å². The van der Waals surface area contributed by atoms with Crippen molar-refractivity contribution in [3.05, 3.63) is 50.8 Å². The summed E-state index contributed by atoms with van der Waals surface area (Å²) in [5.41, 5.74) is 4.35. The Morgan fingerprint density at radius 3 is 2.15 bits per heavy atom. The summed E-state index contributed by atoms with van der Waals surface area (Å²) in [5, 5.41) is 10.8. The highest BCUT2D eigenvalue weighted by Gasteiger charge is 2.31. The molecule has 2 N–H and O–H groups in total. The van der Waals surface area contributed by atoms with E-state index in [0.717, 1.165) is 15.4 Å². The number of hydrogen-bond donors (Lipinski definition) is 1. The van der Waals surface area contributed by atoms with E-state index in [-0.39, 0.29) is 30.5 Å². The zero-order chi connectivity index (χ0) is 24.9. The molecule has 184 valence electrons. The normalized spacial score (nSPS) is 13.4. The van der Waals surface area contributed by atoms with Crippen LogP contribution >= 0.6 is 30.9 Å². The molecule has 0 saturated heterocycles. The summed E-state index contributed by atoms with van der Waals surface area (Å²) in [6, 6.07) is 0. The van der Waals surface area contributed by atoms with Gasteiger partial charge < -0.3 is 19.4 Å². The van der Waals surface area contributed by atoms with Crippen LogP contribution in [0.2, 0.25) is 0 Å². The highest BCUT2D eigenvalue weighted by atomic mass is 35.5. The smallest absolute Gasteiger partial charge is 0.434 e. The minimum Gasteiger partial charge on any atom is -0.479 e. The molecule has 2 aromatic rings. The largest absolute Gasteiger partial charge is 0.479 e. The zero-order valence-corrected chi connectivity index (χ0v) is 19.3. The quantitative estimate of drug-likeness (QED) is 0.108. The van der Waals surface area contributed by atoms with Crippen LogP contribution in [0.25, 0.3) is 0 Å². The van der Waals surface area contributed by atoms with Gasteiger partial charge in [-0.05, 0) is 4.92 Å². The van der Waals surface area contributed by atoms with Crippen LogP contribution in [0.4, 0.5) is 23.5 Å². The number of aromatic nitrogens is 2. The molecule has 0 bridgehead atoms. The highest BCUT2D eigenvalue weighted by Crippen LogP contribution is 2.44. The van der Waals surface area contributed by atoms with Crippen molar-refractivity contribution in [3.63, 3.8) is 0 Å². The summed E-state index contributed by atoms with van der Waals surface area (Å²) < 4.78 is 82.0. The number of hydrogen-bond acceptors (Lipinski definition) is 6. The first-order chi connectivity index (χ1) is 15.5. The Balaban J connectivity index is 2.25. The third kappa shape index (κ3) is 6.14. The van der Waals surface area contributed by atoms with Gasteiger partial charge in [0.05, 0.1) is 19.2 Å². The predicted molar refractivity (Wildman–Crippen MR) is 110 cm³/mol. The maximum absolute atomic E-state index is 14.5. The van der Waals surface area contributed by atoms with Crippen LogP contribution in [0.3, 0.4) is 0 Å². The number of ether oxygens (including phenoxy) is 1. The van der Waals surface area contributed by atoms with Crippen LogP contribution in [0.1, 0.15) is 11.3 Å². The van der Waals surface area contributed by atoms with Crippen LogP contribution in [0.15, 0.2) is 6.20 Å². The van der Waals surface area contributed by atoms with E-state index in [4.69, 9.17) is 38.0 Å². The molecule has 0 aliphatic heterocycles. The lowest BCUT2D eigenvalue weighted by atomic mass is 10.1. The average molecular weight is 538 g/mol. The minimum atomic E-state index is -4.16. The standard InChI is InChI=1S/C16H18Cl2F4N5O5P/c1-25-9(6-24-16(25)27(28)29)7-31-15-13(21)11(19)10(12(20)14(15)22)8-32-33(23,30)26(4-2-17)5-3-18/h6H,2-5,7-8H2,1H3,(H2,23,30). The maximum Gasteiger partial charge on any atom is 0.434 e. The fourth-order valence-electron chi connectivity index (χ4n) is 2.62. The van der Waals surface area contributed by atoms with Crippen molar-refractivity contribution < 1.29 is 36.3 Å². The molecule has 1 heterocycles. The van der Waals surface area contributed by atoms with Crippen LogP contribution in [0, 0.1) is 33.4 Å². The van der Waals surface area contributed by atoms with E-state index in [1.807, 2.05) is 0 Å². The number of halogens is 6. The van der Waals surface area contributed by atoms with Gasteiger partial charge in [0.25, 0.3) is 0 Å². The molecule has 33 heavy (non-hydrogen) atoms.